The lowest BCUT2D eigenvalue weighted by Gasteiger charge is -2.07. The van der Waals surface area contributed by atoms with Gasteiger partial charge in [-0.1, -0.05) is 51.2 Å². The number of phenolic OH excluding ortho intramolecular Hbond substituents is 1. The van der Waals surface area contributed by atoms with Crippen molar-refractivity contribution < 1.29 is 9.90 Å². The van der Waals surface area contributed by atoms with Gasteiger partial charge in [0.25, 0.3) is 0 Å². The molecule has 1 rings (SSSR count). The molecule has 0 saturated heterocycles. The molecule has 3 nitrogen and oxygen atoms in total. The number of unbranched alkanes of at least 4 members (excludes halogenated alkanes) is 5. The van der Waals surface area contributed by atoms with Crippen molar-refractivity contribution in [3.8, 4) is 5.75 Å². The van der Waals surface area contributed by atoms with E-state index < -0.39 is 0 Å². The smallest absolute Gasteiger partial charge is 0.220 e. The number of hydrogen-bond donors (Lipinski definition) is 2. The van der Waals surface area contributed by atoms with Crippen LogP contribution in [0.4, 0.5) is 0 Å². The Morgan fingerprint density at radius 1 is 1.15 bits per heavy atom. The predicted octanol–water partition coefficient (Wildman–Crippen LogP) is 4.07. The maximum absolute atomic E-state index is 11.7. The van der Waals surface area contributed by atoms with E-state index >= 15 is 0 Å². The van der Waals surface area contributed by atoms with Crippen molar-refractivity contribution in [1.82, 2.24) is 5.32 Å². The fourth-order valence-corrected chi connectivity index (χ4v) is 2.12. The first kappa shape index (κ1) is 16.5. The summed E-state index contributed by atoms with van der Waals surface area (Å²) >= 11 is 0. The summed E-state index contributed by atoms with van der Waals surface area (Å²) in [5.74, 6) is 0.383. The van der Waals surface area contributed by atoms with E-state index in [-0.39, 0.29) is 11.7 Å². The molecule has 0 bridgehead atoms. The zero-order valence-electron chi connectivity index (χ0n) is 12.7. The number of rotatable bonds is 9. The Morgan fingerprint density at radius 3 is 2.55 bits per heavy atom. The molecule has 112 valence electrons. The number of phenols is 1. The van der Waals surface area contributed by atoms with Gasteiger partial charge in [-0.05, 0) is 30.5 Å². The van der Waals surface area contributed by atoms with Crippen LogP contribution in [0.5, 0.6) is 5.75 Å². The number of aromatic hydroxyl groups is 1. The molecule has 0 atom stereocenters. The van der Waals surface area contributed by atoms with Gasteiger partial charge < -0.3 is 10.4 Å². The Balaban J connectivity index is 2.15. The van der Waals surface area contributed by atoms with E-state index in [1.807, 2.05) is 19.1 Å². The van der Waals surface area contributed by atoms with Gasteiger partial charge >= 0.3 is 0 Å². The number of hydrogen-bond acceptors (Lipinski definition) is 2. The first-order chi connectivity index (χ1) is 9.63. The minimum atomic E-state index is 0.0977. The maximum Gasteiger partial charge on any atom is 0.220 e. The molecule has 0 aliphatic heterocycles. The van der Waals surface area contributed by atoms with E-state index in [0.29, 0.717) is 13.0 Å². The molecule has 0 aromatic heterocycles. The van der Waals surface area contributed by atoms with Crippen LogP contribution >= 0.6 is 0 Å². The fourth-order valence-electron chi connectivity index (χ4n) is 2.12. The summed E-state index contributed by atoms with van der Waals surface area (Å²) in [6.07, 6.45) is 7.76. The van der Waals surface area contributed by atoms with Crippen molar-refractivity contribution in [2.75, 3.05) is 0 Å². The highest BCUT2D eigenvalue weighted by atomic mass is 16.3. The molecule has 0 heterocycles. The Hall–Kier alpha value is -1.51. The van der Waals surface area contributed by atoms with Crippen LogP contribution in [-0.4, -0.2) is 11.0 Å². The van der Waals surface area contributed by atoms with Crippen LogP contribution in [-0.2, 0) is 11.3 Å². The van der Waals surface area contributed by atoms with Crippen molar-refractivity contribution in [3.05, 3.63) is 29.3 Å². The van der Waals surface area contributed by atoms with Crippen molar-refractivity contribution in [1.29, 1.82) is 0 Å². The van der Waals surface area contributed by atoms with Gasteiger partial charge in [0.05, 0.1) is 0 Å². The molecule has 0 spiro atoms. The topological polar surface area (TPSA) is 49.3 Å². The summed E-state index contributed by atoms with van der Waals surface area (Å²) in [6.45, 7) is 4.55. The molecule has 20 heavy (non-hydrogen) atoms. The second-order valence-electron chi connectivity index (χ2n) is 5.42. The Morgan fingerprint density at radius 2 is 1.85 bits per heavy atom. The lowest BCUT2D eigenvalue weighted by atomic mass is 10.1. The minimum absolute atomic E-state index is 0.0977. The first-order valence-electron chi connectivity index (χ1n) is 7.68. The molecule has 3 heteroatoms. The second-order valence-corrected chi connectivity index (χ2v) is 5.42. The highest BCUT2D eigenvalue weighted by molar-refractivity contribution is 5.75. The van der Waals surface area contributed by atoms with Crippen molar-refractivity contribution in [2.24, 2.45) is 0 Å². The third kappa shape index (κ3) is 6.60. The average molecular weight is 277 g/mol. The molecule has 0 aliphatic carbocycles. The van der Waals surface area contributed by atoms with Crippen molar-refractivity contribution in [2.45, 2.75) is 65.3 Å². The van der Waals surface area contributed by atoms with Gasteiger partial charge in [-0.3, -0.25) is 4.79 Å². The zero-order valence-corrected chi connectivity index (χ0v) is 12.7. The summed E-state index contributed by atoms with van der Waals surface area (Å²) in [5.41, 5.74) is 1.79. The molecule has 1 amide bonds. The number of benzene rings is 1. The molecule has 0 radical (unpaired) electrons. The van der Waals surface area contributed by atoms with Crippen LogP contribution in [0.1, 0.15) is 63.0 Å². The summed E-state index contributed by atoms with van der Waals surface area (Å²) < 4.78 is 0. The van der Waals surface area contributed by atoms with Gasteiger partial charge in [0, 0.05) is 13.0 Å². The average Bonchev–Trinajstić information content (AvgIpc) is 2.44. The molecular formula is C17H27NO2. The summed E-state index contributed by atoms with van der Waals surface area (Å²) in [5, 5.41) is 12.5. The lowest BCUT2D eigenvalue weighted by molar-refractivity contribution is -0.121. The number of aryl methyl sites for hydroxylation is 1. The Bertz CT molecular complexity index is 415. The normalized spacial score (nSPS) is 10.5. The number of carbonyl (C=O) groups excluding carboxylic acids is 1. The van der Waals surface area contributed by atoms with Gasteiger partial charge in [0.2, 0.25) is 5.91 Å². The minimum Gasteiger partial charge on any atom is -0.508 e. The standard InChI is InChI=1S/C17H27NO2/c1-3-4-5-6-7-8-9-17(20)18-13-15-11-10-14(2)16(19)12-15/h10-12,19H,3-9,13H2,1-2H3,(H,18,20). The quantitative estimate of drug-likeness (QED) is 0.668. The molecule has 1 aromatic carbocycles. The lowest BCUT2D eigenvalue weighted by Crippen LogP contribution is -2.22. The molecule has 0 unspecified atom stereocenters. The predicted molar refractivity (Wildman–Crippen MR) is 82.7 cm³/mol. The van der Waals surface area contributed by atoms with Gasteiger partial charge in [0.1, 0.15) is 5.75 Å². The SMILES string of the molecule is CCCCCCCCC(=O)NCc1ccc(C)c(O)c1. The molecular weight excluding hydrogens is 250 g/mol. The molecule has 1 aromatic rings. The van der Waals surface area contributed by atoms with Gasteiger partial charge in [-0.25, -0.2) is 0 Å². The second kappa shape index (κ2) is 9.40. The molecule has 0 aliphatic rings. The molecule has 2 N–H and O–H groups in total. The van der Waals surface area contributed by atoms with Crippen molar-refractivity contribution >= 4 is 5.91 Å². The van der Waals surface area contributed by atoms with Crippen LogP contribution in [0.3, 0.4) is 0 Å². The number of amides is 1. The Kier molecular flexibility index (Phi) is 7.78. The summed E-state index contributed by atoms with van der Waals surface area (Å²) in [6, 6.07) is 5.50. The van der Waals surface area contributed by atoms with Crippen LogP contribution in [0, 0.1) is 6.92 Å². The third-order valence-corrected chi connectivity index (χ3v) is 3.52. The van der Waals surface area contributed by atoms with Crippen LogP contribution in [0.15, 0.2) is 18.2 Å². The maximum atomic E-state index is 11.7. The largest absolute Gasteiger partial charge is 0.508 e. The van der Waals surface area contributed by atoms with Gasteiger partial charge in [-0.2, -0.15) is 0 Å². The highest BCUT2D eigenvalue weighted by Crippen LogP contribution is 2.17. The summed E-state index contributed by atoms with van der Waals surface area (Å²) in [4.78, 5) is 11.7. The molecule has 0 fully saturated rings. The van der Waals surface area contributed by atoms with Gasteiger partial charge in [-0.15, -0.1) is 0 Å². The summed E-state index contributed by atoms with van der Waals surface area (Å²) in [7, 11) is 0. The number of nitrogens with one attached hydrogen (secondary N) is 1. The fraction of sp³-hybridized carbons (Fsp3) is 0.588. The number of carbonyl (C=O) groups is 1. The van der Waals surface area contributed by atoms with Crippen LogP contribution < -0.4 is 5.32 Å². The first-order valence-corrected chi connectivity index (χ1v) is 7.68. The monoisotopic (exact) mass is 277 g/mol. The zero-order chi connectivity index (χ0) is 14.8. The van der Waals surface area contributed by atoms with E-state index in [2.05, 4.69) is 12.2 Å². The van der Waals surface area contributed by atoms with Crippen LogP contribution in [0.25, 0.3) is 0 Å². The van der Waals surface area contributed by atoms with E-state index in [1.54, 1.807) is 6.07 Å². The van der Waals surface area contributed by atoms with E-state index in [9.17, 15) is 9.90 Å². The van der Waals surface area contributed by atoms with E-state index in [4.69, 9.17) is 0 Å². The molecule has 0 saturated carbocycles. The third-order valence-electron chi connectivity index (χ3n) is 3.52. The van der Waals surface area contributed by atoms with E-state index in [0.717, 1.165) is 24.0 Å². The van der Waals surface area contributed by atoms with Crippen LogP contribution in [0.2, 0.25) is 0 Å². The van der Waals surface area contributed by atoms with E-state index in [1.165, 1.54) is 25.7 Å². The highest BCUT2D eigenvalue weighted by Gasteiger charge is 2.03. The van der Waals surface area contributed by atoms with Gasteiger partial charge in [0.15, 0.2) is 0 Å². The van der Waals surface area contributed by atoms with Crippen molar-refractivity contribution in [3.63, 3.8) is 0 Å². The Labute approximate surface area is 122 Å².